The first kappa shape index (κ1) is 43.6. The van der Waals surface area contributed by atoms with Gasteiger partial charge in [-0.05, 0) is 57.8 Å². The van der Waals surface area contributed by atoms with Crippen LogP contribution in [-0.4, -0.2) is 59.3 Å². The molecule has 0 fully saturated rings. The van der Waals surface area contributed by atoms with E-state index in [1.165, 1.54) is 70.6 Å². The second kappa shape index (κ2) is 32.5. The molecular weight excluding hydrogens is 584 g/mol. The van der Waals surface area contributed by atoms with Gasteiger partial charge in [-0.3, -0.25) is 14.4 Å². The van der Waals surface area contributed by atoms with Crippen molar-refractivity contribution in [3.05, 3.63) is 12.2 Å². The molecule has 0 aromatic rings. The lowest BCUT2D eigenvalue weighted by atomic mass is 10.0. The second-order valence-corrected chi connectivity index (χ2v) is 12.7. The lowest BCUT2D eigenvalue weighted by Crippen LogP contribution is -2.47. The maximum atomic E-state index is 12.6. The fourth-order valence-electron chi connectivity index (χ4n) is 5.36. The van der Waals surface area contributed by atoms with Gasteiger partial charge in [0.1, 0.15) is 12.1 Å². The van der Waals surface area contributed by atoms with Gasteiger partial charge in [0.25, 0.3) is 0 Å². The summed E-state index contributed by atoms with van der Waals surface area (Å²) in [6.45, 7) is 3.43. The monoisotopic (exact) mass is 653 g/mol. The number of nitrogens with one attached hydrogen (secondary N) is 2. The van der Waals surface area contributed by atoms with E-state index in [9.17, 15) is 19.2 Å². The van der Waals surface area contributed by atoms with E-state index in [2.05, 4.69) is 36.6 Å². The quantitative estimate of drug-likeness (QED) is 0.0320. The number of aliphatic hydroxyl groups excluding tert-OH is 1. The molecule has 0 bridgehead atoms. The van der Waals surface area contributed by atoms with E-state index in [0.29, 0.717) is 19.3 Å². The highest BCUT2D eigenvalue weighted by atomic mass is 16.5. The summed E-state index contributed by atoms with van der Waals surface area (Å²) in [5, 5.41) is 22.5. The predicted octanol–water partition coefficient (Wildman–Crippen LogP) is 7.92. The summed E-state index contributed by atoms with van der Waals surface area (Å²) in [5.74, 6) is -2.32. The third-order valence-corrected chi connectivity index (χ3v) is 8.26. The maximum Gasteiger partial charge on any atom is 0.328 e. The number of hydrogen-bond donors (Lipinski definition) is 4. The number of carbonyl (C=O) groups excluding carboxylic acids is 3. The Balaban J connectivity index is 4.30. The van der Waals surface area contributed by atoms with Crippen LogP contribution in [-0.2, 0) is 23.9 Å². The van der Waals surface area contributed by atoms with Gasteiger partial charge in [0.15, 0.2) is 0 Å². The van der Waals surface area contributed by atoms with Crippen molar-refractivity contribution < 1.29 is 34.1 Å². The summed E-state index contributed by atoms with van der Waals surface area (Å²) >= 11 is 0. The van der Waals surface area contributed by atoms with Crippen LogP contribution in [0.3, 0.4) is 0 Å². The Morgan fingerprint density at radius 2 is 1.13 bits per heavy atom. The van der Waals surface area contributed by atoms with E-state index in [0.717, 1.165) is 70.6 Å². The molecule has 0 heterocycles. The minimum Gasteiger partial charge on any atom is -0.480 e. The van der Waals surface area contributed by atoms with Crippen molar-refractivity contribution in [2.45, 2.75) is 187 Å². The van der Waals surface area contributed by atoms with Crippen molar-refractivity contribution in [2.75, 3.05) is 13.2 Å². The Kier molecular flexibility index (Phi) is 30.8. The fraction of sp³-hybridized carbons (Fsp3) is 0.838. The number of carboxylic acid groups (broad SMARTS) is 1. The number of ether oxygens (including phenoxy) is 1. The van der Waals surface area contributed by atoms with Crippen LogP contribution in [0.1, 0.15) is 174 Å². The van der Waals surface area contributed by atoms with Gasteiger partial charge < -0.3 is 25.6 Å². The number of allylic oxidation sites excluding steroid dienone is 2. The van der Waals surface area contributed by atoms with Crippen molar-refractivity contribution >= 4 is 23.8 Å². The number of rotatable bonds is 33. The molecule has 2 atom stereocenters. The van der Waals surface area contributed by atoms with E-state index in [4.69, 9.17) is 14.9 Å². The minimum atomic E-state index is -1.38. The van der Waals surface area contributed by atoms with Crippen molar-refractivity contribution in [3.63, 3.8) is 0 Å². The lowest BCUT2D eigenvalue weighted by Gasteiger charge is -2.18. The molecule has 0 aliphatic heterocycles. The molecule has 0 saturated carbocycles. The molecule has 0 aliphatic carbocycles. The lowest BCUT2D eigenvalue weighted by molar-refractivity contribution is -0.150. The van der Waals surface area contributed by atoms with Crippen LogP contribution < -0.4 is 10.6 Å². The van der Waals surface area contributed by atoms with Gasteiger partial charge in [-0.2, -0.15) is 0 Å². The smallest absolute Gasteiger partial charge is 0.328 e. The molecular formula is C37H68N2O7. The molecule has 0 aromatic heterocycles. The van der Waals surface area contributed by atoms with Crippen molar-refractivity contribution in [2.24, 2.45) is 0 Å². The third kappa shape index (κ3) is 29.0. The molecule has 268 valence electrons. The van der Waals surface area contributed by atoms with Crippen LogP contribution in [0.5, 0.6) is 0 Å². The number of esters is 1. The molecule has 9 nitrogen and oxygen atoms in total. The molecule has 2 amide bonds. The zero-order valence-electron chi connectivity index (χ0n) is 29.3. The van der Waals surface area contributed by atoms with Crippen LogP contribution in [0, 0.1) is 0 Å². The Morgan fingerprint density at radius 1 is 0.630 bits per heavy atom. The van der Waals surface area contributed by atoms with Crippen LogP contribution in [0.25, 0.3) is 0 Å². The highest BCUT2D eigenvalue weighted by Gasteiger charge is 2.19. The number of aliphatic hydroxyl groups is 1. The topological polar surface area (TPSA) is 142 Å². The van der Waals surface area contributed by atoms with Gasteiger partial charge in [0.2, 0.25) is 11.8 Å². The highest BCUT2D eigenvalue weighted by Crippen LogP contribution is 2.17. The summed E-state index contributed by atoms with van der Waals surface area (Å²) < 4.78 is 5.94. The largest absolute Gasteiger partial charge is 0.480 e. The minimum absolute atomic E-state index is 0.0347. The van der Waals surface area contributed by atoms with E-state index >= 15 is 0 Å². The SMILES string of the molecule is CCCCCCCC/C=C\CCCC(CCCCCCCC(=O)NCC(=O)NC(CO)C(=O)O)OC(=O)CCCCCCCCC. The molecule has 4 N–H and O–H groups in total. The fourth-order valence-corrected chi connectivity index (χ4v) is 5.36. The molecule has 2 unspecified atom stereocenters. The molecule has 0 aliphatic rings. The molecule has 0 aromatic carbocycles. The Hall–Kier alpha value is -2.42. The summed E-state index contributed by atoms with van der Waals surface area (Å²) in [6, 6.07) is -1.38. The van der Waals surface area contributed by atoms with Crippen LogP contribution in [0.15, 0.2) is 12.2 Å². The average Bonchev–Trinajstić information content (AvgIpc) is 3.03. The highest BCUT2D eigenvalue weighted by molar-refractivity contribution is 5.87. The second-order valence-electron chi connectivity index (χ2n) is 12.7. The number of carbonyl (C=O) groups is 4. The first-order valence-corrected chi connectivity index (χ1v) is 18.6. The molecule has 9 heteroatoms. The van der Waals surface area contributed by atoms with E-state index in [1.54, 1.807) is 0 Å². The number of hydrogen-bond acceptors (Lipinski definition) is 6. The summed E-state index contributed by atoms with van der Waals surface area (Å²) in [6.07, 6.45) is 31.0. The molecule has 0 saturated heterocycles. The first-order valence-electron chi connectivity index (χ1n) is 18.6. The van der Waals surface area contributed by atoms with Gasteiger partial charge in [-0.25, -0.2) is 4.79 Å². The standard InChI is InChI=1S/C37H68N2O7/c1-3-5-7-9-11-12-13-14-16-18-22-26-32(46-36(43)29-25-21-15-10-8-6-4-2)27-23-19-17-20-24-28-34(41)38-30-35(42)39-33(31-40)37(44)45/h14,16,32-33,40H,3-13,15,17-31H2,1-2H3,(H,38,41)(H,39,42)(H,44,45)/b16-14-. The number of carboxylic acids is 1. The Labute approximate surface area is 280 Å². The molecule has 0 rings (SSSR count). The van der Waals surface area contributed by atoms with Gasteiger partial charge >= 0.3 is 11.9 Å². The van der Waals surface area contributed by atoms with E-state index < -0.39 is 24.5 Å². The van der Waals surface area contributed by atoms with E-state index in [-0.39, 0.29) is 24.5 Å². The van der Waals surface area contributed by atoms with Crippen molar-refractivity contribution in [3.8, 4) is 0 Å². The summed E-state index contributed by atoms with van der Waals surface area (Å²) in [4.78, 5) is 47.2. The molecule has 46 heavy (non-hydrogen) atoms. The summed E-state index contributed by atoms with van der Waals surface area (Å²) in [7, 11) is 0. The van der Waals surface area contributed by atoms with Gasteiger partial charge in [-0.1, -0.05) is 116 Å². The van der Waals surface area contributed by atoms with Crippen molar-refractivity contribution in [1.82, 2.24) is 10.6 Å². The zero-order chi connectivity index (χ0) is 34.1. The number of amides is 2. The molecule has 0 spiro atoms. The maximum absolute atomic E-state index is 12.6. The number of unbranched alkanes of at least 4 members (excludes halogenated alkanes) is 17. The summed E-state index contributed by atoms with van der Waals surface area (Å²) in [5.41, 5.74) is 0. The average molecular weight is 653 g/mol. The van der Waals surface area contributed by atoms with Crippen LogP contribution in [0.4, 0.5) is 0 Å². The first-order chi connectivity index (χ1) is 22.3. The van der Waals surface area contributed by atoms with Gasteiger partial charge in [0.05, 0.1) is 13.2 Å². The molecule has 0 radical (unpaired) electrons. The van der Waals surface area contributed by atoms with Crippen molar-refractivity contribution in [1.29, 1.82) is 0 Å². The van der Waals surface area contributed by atoms with E-state index in [1.807, 2.05) is 0 Å². The van der Waals surface area contributed by atoms with Crippen LogP contribution >= 0.6 is 0 Å². The van der Waals surface area contributed by atoms with Gasteiger partial charge in [-0.15, -0.1) is 0 Å². The van der Waals surface area contributed by atoms with Gasteiger partial charge in [0, 0.05) is 12.8 Å². The predicted molar refractivity (Wildman–Crippen MR) is 185 cm³/mol. The number of aliphatic carboxylic acids is 1. The zero-order valence-corrected chi connectivity index (χ0v) is 29.3. The van der Waals surface area contributed by atoms with Crippen LogP contribution in [0.2, 0.25) is 0 Å². The normalized spacial score (nSPS) is 12.6. The Bertz CT molecular complexity index is 803. The Morgan fingerprint density at radius 3 is 1.72 bits per heavy atom. The third-order valence-electron chi connectivity index (χ3n) is 8.26.